The summed E-state index contributed by atoms with van der Waals surface area (Å²) in [6.45, 7) is 2.68. The monoisotopic (exact) mass is 229 g/mol. The molecule has 1 aliphatic rings. The standard InChI is InChI=1S/C11H19NO4/c1-2-16-10(14)5-6-12(7-8-13)11(15)9-3-4-9/h9,13H,2-8H2,1H3. The van der Waals surface area contributed by atoms with Gasteiger partial charge in [0.1, 0.15) is 0 Å². The van der Waals surface area contributed by atoms with Crippen molar-refractivity contribution >= 4 is 11.9 Å². The Morgan fingerprint density at radius 2 is 2.06 bits per heavy atom. The molecular weight excluding hydrogens is 210 g/mol. The summed E-state index contributed by atoms with van der Waals surface area (Å²) in [5.74, 6) is -0.124. The molecule has 0 aromatic heterocycles. The zero-order valence-corrected chi connectivity index (χ0v) is 9.65. The SMILES string of the molecule is CCOC(=O)CCN(CCO)C(=O)C1CC1. The van der Waals surface area contributed by atoms with Gasteiger partial charge in [0.2, 0.25) is 5.91 Å². The van der Waals surface area contributed by atoms with Crippen molar-refractivity contribution in [3.8, 4) is 0 Å². The van der Waals surface area contributed by atoms with E-state index < -0.39 is 0 Å². The van der Waals surface area contributed by atoms with Crippen molar-refractivity contribution in [2.45, 2.75) is 26.2 Å². The van der Waals surface area contributed by atoms with Crippen molar-refractivity contribution in [1.82, 2.24) is 4.90 Å². The lowest BCUT2D eigenvalue weighted by Gasteiger charge is -2.21. The number of hydrogen-bond donors (Lipinski definition) is 1. The number of aliphatic hydroxyl groups is 1. The molecule has 1 N–H and O–H groups in total. The molecule has 92 valence electrons. The van der Waals surface area contributed by atoms with Crippen LogP contribution >= 0.6 is 0 Å². The van der Waals surface area contributed by atoms with E-state index in [9.17, 15) is 9.59 Å². The smallest absolute Gasteiger partial charge is 0.307 e. The van der Waals surface area contributed by atoms with Gasteiger partial charge in [-0.1, -0.05) is 0 Å². The maximum Gasteiger partial charge on any atom is 0.307 e. The van der Waals surface area contributed by atoms with Gasteiger partial charge in [0.05, 0.1) is 19.6 Å². The molecule has 16 heavy (non-hydrogen) atoms. The Hall–Kier alpha value is -1.10. The molecule has 0 aliphatic heterocycles. The minimum Gasteiger partial charge on any atom is -0.466 e. The van der Waals surface area contributed by atoms with Crippen molar-refractivity contribution in [3.05, 3.63) is 0 Å². The van der Waals surface area contributed by atoms with Crippen LogP contribution in [-0.4, -0.2) is 48.2 Å². The minimum atomic E-state index is -0.297. The lowest BCUT2D eigenvalue weighted by atomic mass is 10.3. The van der Waals surface area contributed by atoms with Crippen LogP contribution in [0.3, 0.4) is 0 Å². The molecule has 5 nitrogen and oxygen atoms in total. The minimum absolute atomic E-state index is 0.0540. The largest absolute Gasteiger partial charge is 0.466 e. The molecule has 0 radical (unpaired) electrons. The first kappa shape index (κ1) is 13.0. The molecule has 0 atom stereocenters. The van der Waals surface area contributed by atoms with E-state index in [1.165, 1.54) is 0 Å². The second-order valence-electron chi connectivity index (χ2n) is 3.88. The fraction of sp³-hybridized carbons (Fsp3) is 0.818. The molecule has 1 saturated carbocycles. The number of aliphatic hydroxyl groups excluding tert-OH is 1. The average Bonchev–Trinajstić information content (AvgIpc) is 3.07. The zero-order chi connectivity index (χ0) is 12.0. The van der Waals surface area contributed by atoms with E-state index in [1.54, 1.807) is 11.8 Å². The van der Waals surface area contributed by atoms with Crippen molar-refractivity contribution in [3.63, 3.8) is 0 Å². The molecule has 0 aromatic carbocycles. The Morgan fingerprint density at radius 1 is 1.38 bits per heavy atom. The van der Waals surface area contributed by atoms with Crippen molar-refractivity contribution in [2.75, 3.05) is 26.3 Å². The predicted molar refractivity (Wildman–Crippen MR) is 57.6 cm³/mol. The van der Waals surface area contributed by atoms with Gasteiger partial charge in [-0.3, -0.25) is 9.59 Å². The van der Waals surface area contributed by atoms with Gasteiger partial charge in [-0.15, -0.1) is 0 Å². The lowest BCUT2D eigenvalue weighted by Crippen LogP contribution is -2.36. The van der Waals surface area contributed by atoms with Gasteiger partial charge in [-0.25, -0.2) is 0 Å². The highest BCUT2D eigenvalue weighted by Gasteiger charge is 2.33. The normalized spacial score (nSPS) is 14.6. The first-order valence-electron chi connectivity index (χ1n) is 5.74. The first-order chi connectivity index (χ1) is 7.69. The topological polar surface area (TPSA) is 66.8 Å². The van der Waals surface area contributed by atoms with Crippen LogP contribution in [0.2, 0.25) is 0 Å². The van der Waals surface area contributed by atoms with Crippen LogP contribution in [0.5, 0.6) is 0 Å². The third kappa shape index (κ3) is 4.18. The zero-order valence-electron chi connectivity index (χ0n) is 9.65. The molecule has 0 bridgehead atoms. The average molecular weight is 229 g/mol. The Morgan fingerprint density at radius 3 is 2.56 bits per heavy atom. The molecule has 0 spiro atoms. The number of amides is 1. The number of nitrogens with zero attached hydrogens (tertiary/aromatic N) is 1. The Balaban J connectivity index is 2.32. The Labute approximate surface area is 95.4 Å². The van der Waals surface area contributed by atoms with Gasteiger partial charge in [-0.2, -0.15) is 0 Å². The maximum atomic E-state index is 11.7. The number of rotatable bonds is 7. The summed E-state index contributed by atoms with van der Waals surface area (Å²) < 4.78 is 4.79. The third-order valence-electron chi connectivity index (χ3n) is 2.50. The van der Waals surface area contributed by atoms with Gasteiger partial charge in [0, 0.05) is 19.0 Å². The third-order valence-corrected chi connectivity index (χ3v) is 2.50. The summed E-state index contributed by atoms with van der Waals surface area (Å²) in [6.07, 6.45) is 2.06. The second kappa shape index (κ2) is 6.48. The molecule has 1 rings (SSSR count). The fourth-order valence-electron chi connectivity index (χ4n) is 1.50. The van der Waals surface area contributed by atoms with Crippen LogP contribution in [0, 0.1) is 5.92 Å². The highest BCUT2D eigenvalue weighted by molar-refractivity contribution is 5.81. The molecule has 1 aliphatic carbocycles. The van der Waals surface area contributed by atoms with Gasteiger partial charge in [0.15, 0.2) is 0 Å². The van der Waals surface area contributed by atoms with E-state index in [-0.39, 0.29) is 30.8 Å². The van der Waals surface area contributed by atoms with Gasteiger partial charge < -0.3 is 14.7 Å². The summed E-state index contributed by atoms with van der Waals surface area (Å²) >= 11 is 0. The summed E-state index contributed by atoms with van der Waals surface area (Å²) in [4.78, 5) is 24.4. The van der Waals surface area contributed by atoms with Crippen LogP contribution in [0.1, 0.15) is 26.2 Å². The predicted octanol–water partition coefficient (Wildman–Crippen LogP) is 0.171. The molecule has 1 amide bonds. The first-order valence-corrected chi connectivity index (χ1v) is 5.74. The Bertz CT molecular complexity index is 250. The van der Waals surface area contributed by atoms with Crippen LogP contribution in [-0.2, 0) is 14.3 Å². The van der Waals surface area contributed by atoms with Gasteiger partial charge in [0.25, 0.3) is 0 Å². The molecule has 0 heterocycles. The quantitative estimate of drug-likeness (QED) is 0.632. The second-order valence-corrected chi connectivity index (χ2v) is 3.88. The number of ether oxygens (including phenoxy) is 1. The van der Waals surface area contributed by atoms with Crippen molar-refractivity contribution in [1.29, 1.82) is 0 Å². The van der Waals surface area contributed by atoms with E-state index in [1.807, 2.05) is 0 Å². The molecule has 5 heteroatoms. The van der Waals surface area contributed by atoms with Crippen LogP contribution in [0.15, 0.2) is 0 Å². The summed E-state index contributed by atoms with van der Waals surface area (Å²) in [5.41, 5.74) is 0. The van der Waals surface area contributed by atoms with Gasteiger partial charge in [-0.05, 0) is 19.8 Å². The van der Waals surface area contributed by atoms with E-state index in [0.717, 1.165) is 12.8 Å². The number of hydrogen-bond acceptors (Lipinski definition) is 4. The van der Waals surface area contributed by atoms with Crippen LogP contribution < -0.4 is 0 Å². The maximum absolute atomic E-state index is 11.7. The Kier molecular flexibility index (Phi) is 5.25. The van der Waals surface area contributed by atoms with Gasteiger partial charge >= 0.3 is 5.97 Å². The van der Waals surface area contributed by atoms with Crippen LogP contribution in [0.25, 0.3) is 0 Å². The summed E-state index contributed by atoms with van der Waals surface area (Å²) in [6, 6.07) is 0. The highest BCUT2D eigenvalue weighted by atomic mass is 16.5. The molecule has 0 saturated heterocycles. The summed E-state index contributed by atoms with van der Waals surface area (Å²) in [7, 11) is 0. The van der Waals surface area contributed by atoms with Crippen LogP contribution in [0.4, 0.5) is 0 Å². The van der Waals surface area contributed by atoms with E-state index in [4.69, 9.17) is 9.84 Å². The fourth-order valence-corrected chi connectivity index (χ4v) is 1.50. The van der Waals surface area contributed by atoms with Crippen molar-refractivity contribution in [2.24, 2.45) is 5.92 Å². The van der Waals surface area contributed by atoms with E-state index in [2.05, 4.69) is 0 Å². The van der Waals surface area contributed by atoms with Crippen molar-refractivity contribution < 1.29 is 19.4 Å². The highest BCUT2D eigenvalue weighted by Crippen LogP contribution is 2.30. The summed E-state index contributed by atoms with van der Waals surface area (Å²) in [5, 5.41) is 8.85. The molecule has 0 aromatic rings. The number of esters is 1. The van der Waals surface area contributed by atoms with E-state index >= 15 is 0 Å². The molecule has 0 unspecified atom stereocenters. The number of carbonyl (C=O) groups is 2. The molecular formula is C11H19NO4. The van der Waals surface area contributed by atoms with E-state index in [0.29, 0.717) is 19.7 Å². The lowest BCUT2D eigenvalue weighted by molar-refractivity contribution is -0.144. The number of carbonyl (C=O) groups excluding carboxylic acids is 2. The molecule has 1 fully saturated rings.